The smallest absolute Gasteiger partial charge is 0.133 e. The van der Waals surface area contributed by atoms with Gasteiger partial charge in [-0.1, -0.05) is 74.8 Å². The Labute approximate surface area is 182 Å². The first-order valence-electron chi connectivity index (χ1n) is 10.1. The van der Waals surface area contributed by atoms with Gasteiger partial charge in [-0.25, -0.2) is 4.98 Å². The lowest BCUT2D eigenvalue weighted by Crippen LogP contribution is -2.10. The van der Waals surface area contributed by atoms with Crippen molar-refractivity contribution < 1.29 is 4.74 Å². The number of nitrogens with zero attached hydrogens (tertiary/aromatic N) is 2. The van der Waals surface area contributed by atoms with E-state index >= 15 is 0 Å². The number of rotatable bonds is 4. The maximum absolute atomic E-state index is 6.68. The normalized spacial score (nSPS) is 11.6. The van der Waals surface area contributed by atoms with E-state index < -0.39 is 0 Å². The molecule has 0 aliphatic carbocycles. The number of pyridine rings is 2. The van der Waals surface area contributed by atoms with Crippen molar-refractivity contribution in [2.45, 2.75) is 39.7 Å². The third kappa shape index (κ3) is 4.17. The molecule has 0 amide bonds. The number of fused-ring (bicyclic) bond motifs is 1. The summed E-state index contributed by atoms with van der Waals surface area (Å²) < 4.78 is 6.24. The van der Waals surface area contributed by atoms with Crippen molar-refractivity contribution in [3.63, 3.8) is 0 Å². The summed E-state index contributed by atoms with van der Waals surface area (Å²) in [7, 11) is 0. The van der Waals surface area contributed by atoms with Crippen LogP contribution in [0.2, 0.25) is 5.02 Å². The lowest BCUT2D eigenvalue weighted by atomic mass is 9.86. The molecular weight excluding hydrogens is 392 g/mol. The van der Waals surface area contributed by atoms with Crippen LogP contribution in [-0.4, -0.2) is 9.97 Å². The highest BCUT2D eigenvalue weighted by Crippen LogP contribution is 2.36. The Hall–Kier alpha value is -2.91. The van der Waals surface area contributed by atoms with Crippen molar-refractivity contribution in [2.24, 2.45) is 0 Å². The Morgan fingerprint density at radius 2 is 1.73 bits per heavy atom. The van der Waals surface area contributed by atoms with Crippen LogP contribution in [-0.2, 0) is 12.0 Å². The van der Waals surface area contributed by atoms with Gasteiger partial charge in [-0.15, -0.1) is 0 Å². The number of benzene rings is 2. The van der Waals surface area contributed by atoms with Crippen LogP contribution >= 0.6 is 11.6 Å². The molecule has 4 rings (SSSR count). The van der Waals surface area contributed by atoms with Crippen molar-refractivity contribution in [3.8, 4) is 17.0 Å². The van der Waals surface area contributed by atoms with Crippen LogP contribution in [0.15, 0.2) is 66.9 Å². The van der Waals surface area contributed by atoms with Gasteiger partial charge in [0.25, 0.3) is 0 Å². The molecule has 0 fully saturated rings. The molecule has 0 saturated heterocycles. The highest BCUT2D eigenvalue weighted by atomic mass is 35.5. The SMILES string of the molecule is Cc1nccc2nc(-c3ccc(C(C)(C)C)cc3Cl)cc(OCc3ccccc3)c12. The Morgan fingerprint density at radius 3 is 2.43 bits per heavy atom. The highest BCUT2D eigenvalue weighted by Gasteiger charge is 2.18. The van der Waals surface area contributed by atoms with Crippen LogP contribution in [0, 0.1) is 6.92 Å². The van der Waals surface area contributed by atoms with Crippen LogP contribution < -0.4 is 4.74 Å². The molecule has 0 unspecified atom stereocenters. The first-order valence-corrected chi connectivity index (χ1v) is 10.4. The summed E-state index contributed by atoms with van der Waals surface area (Å²) in [5, 5.41) is 1.62. The largest absolute Gasteiger partial charge is 0.488 e. The van der Waals surface area contributed by atoms with Gasteiger partial charge in [0.15, 0.2) is 0 Å². The van der Waals surface area contributed by atoms with E-state index in [1.807, 2.05) is 49.4 Å². The third-order valence-electron chi connectivity index (χ3n) is 5.22. The number of hydrogen-bond acceptors (Lipinski definition) is 3. The van der Waals surface area contributed by atoms with Gasteiger partial charge in [0, 0.05) is 17.8 Å². The van der Waals surface area contributed by atoms with E-state index in [1.165, 1.54) is 5.56 Å². The van der Waals surface area contributed by atoms with Crippen molar-refractivity contribution in [2.75, 3.05) is 0 Å². The minimum absolute atomic E-state index is 0.0335. The van der Waals surface area contributed by atoms with E-state index in [1.54, 1.807) is 6.20 Å². The topological polar surface area (TPSA) is 35.0 Å². The lowest BCUT2D eigenvalue weighted by molar-refractivity contribution is 0.310. The quantitative estimate of drug-likeness (QED) is 0.354. The molecule has 0 aliphatic heterocycles. The summed E-state index contributed by atoms with van der Waals surface area (Å²) in [6.45, 7) is 8.99. The van der Waals surface area contributed by atoms with Crippen molar-refractivity contribution in [1.29, 1.82) is 0 Å². The van der Waals surface area contributed by atoms with Gasteiger partial charge < -0.3 is 4.74 Å². The first kappa shape index (κ1) is 20.4. The number of aryl methyl sites for hydroxylation is 1. The van der Waals surface area contributed by atoms with Gasteiger partial charge >= 0.3 is 0 Å². The van der Waals surface area contributed by atoms with E-state index in [-0.39, 0.29) is 5.41 Å². The minimum Gasteiger partial charge on any atom is -0.488 e. The second-order valence-electron chi connectivity index (χ2n) is 8.52. The molecule has 4 aromatic rings. The van der Waals surface area contributed by atoms with Gasteiger partial charge in [0.05, 0.1) is 27.3 Å². The van der Waals surface area contributed by atoms with Crippen LogP contribution in [0.1, 0.15) is 37.6 Å². The van der Waals surface area contributed by atoms with Crippen molar-refractivity contribution >= 4 is 22.5 Å². The van der Waals surface area contributed by atoms with E-state index in [0.29, 0.717) is 11.6 Å². The van der Waals surface area contributed by atoms with E-state index in [4.69, 9.17) is 21.3 Å². The fourth-order valence-electron chi connectivity index (χ4n) is 3.49. The Kier molecular flexibility index (Phi) is 5.48. The second-order valence-corrected chi connectivity index (χ2v) is 8.92. The van der Waals surface area contributed by atoms with Gasteiger partial charge in [0.2, 0.25) is 0 Å². The van der Waals surface area contributed by atoms with Crippen molar-refractivity contribution in [3.05, 3.63) is 88.7 Å². The summed E-state index contributed by atoms with van der Waals surface area (Å²) in [4.78, 5) is 9.31. The van der Waals surface area contributed by atoms with E-state index in [2.05, 4.69) is 44.0 Å². The zero-order valence-corrected chi connectivity index (χ0v) is 18.5. The van der Waals surface area contributed by atoms with Gasteiger partial charge in [-0.05, 0) is 35.6 Å². The van der Waals surface area contributed by atoms with E-state index in [9.17, 15) is 0 Å². The molecule has 2 heterocycles. The van der Waals surface area contributed by atoms with Gasteiger partial charge in [0.1, 0.15) is 12.4 Å². The molecule has 0 spiro atoms. The van der Waals surface area contributed by atoms with Crippen molar-refractivity contribution in [1.82, 2.24) is 9.97 Å². The number of halogens is 1. The molecule has 30 heavy (non-hydrogen) atoms. The van der Waals surface area contributed by atoms with Gasteiger partial charge in [-0.2, -0.15) is 0 Å². The Bertz CT molecular complexity index is 1200. The molecule has 0 saturated carbocycles. The van der Waals surface area contributed by atoms with Gasteiger partial charge in [-0.3, -0.25) is 4.98 Å². The zero-order chi connectivity index (χ0) is 21.3. The Morgan fingerprint density at radius 1 is 0.967 bits per heavy atom. The minimum atomic E-state index is 0.0335. The molecule has 0 bridgehead atoms. The fraction of sp³-hybridized carbons (Fsp3) is 0.231. The summed E-state index contributed by atoms with van der Waals surface area (Å²) in [6.07, 6.45) is 1.78. The average Bonchev–Trinajstić information content (AvgIpc) is 2.72. The van der Waals surface area contributed by atoms with Crippen LogP contribution in [0.3, 0.4) is 0 Å². The zero-order valence-electron chi connectivity index (χ0n) is 17.7. The Balaban J connectivity index is 1.80. The third-order valence-corrected chi connectivity index (χ3v) is 5.53. The van der Waals surface area contributed by atoms with Crippen LogP contribution in [0.4, 0.5) is 0 Å². The molecule has 0 atom stereocenters. The van der Waals surface area contributed by atoms with E-state index in [0.717, 1.165) is 39.2 Å². The highest BCUT2D eigenvalue weighted by molar-refractivity contribution is 6.33. The molecule has 2 aromatic carbocycles. The monoisotopic (exact) mass is 416 g/mol. The molecule has 0 radical (unpaired) electrons. The van der Waals surface area contributed by atoms with Crippen LogP contribution in [0.25, 0.3) is 22.2 Å². The molecule has 4 heteroatoms. The second kappa shape index (κ2) is 8.08. The molecular formula is C26H25ClN2O. The summed E-state index contributed by atoms with van der Waals surface area (Å²) in [6, 6.07) is 20.2. The number of ether oxygens (including phenoxy) is 1. The number of hydrogen-bond donors (Lipinski definition) is 0. The first-order chi connectivity index (χ1) is 14.3. The average molecular weight is 417 g/mol. The predicted octanol–water partition coefficient (Wildman–Crippen LogP) is 7.14. The molecule has 0 aliphatic rings. The summed E-state index contributed by atoms with van der Waals surface area (Å²) in [5.74, 6) is 0.764. The standard InChI is InChI=1S/C26H25ClN2O/c1-17-25-22(12-13-28-17)29-23(15-24(25)30-16-18-8-6-5-7-9-18)20-11-10-19(14-21(20)27)26(2,3)4/h5-15H,16H2,1-4H3. The molecule has 3 nitrogen and oxygen atoms in total. The fourth-order valence-corrected chi connectivity index (χ4v) is 3.76. The molecule has 0 N–H and O–H groups in total. The maximum atomic E-state index is 6.68. The molecule has 152 valence electrons. The lowest BCUT2D eigenvalue weighted by Gasteiger charge is -2.20. The summed E-state index contributed by atoms with van der Waals surface area (Å²) in [5.41, 5.74) is 5.76. The predicted molar refractivity (Wildman–Crippen MR) is 124 cm³/mol. The summed E-state index contributed by atoms with van der Waals surface area (Å²) >= 11 is 6.68. The molecule has 2 aromatic heterocycles. The maximum Gasteiger partial charge on any atom is 0.133 e. The number of aromatic nitrogens is 2. The van der Waals surface area contributed by atoms with Crippen LogP contribution in [0.5, 0.6) is 5.75 Å².